The first kappa shape index (κ1) is 22.3. The zero-order valence-electron chi connectivity index (χ0n) is 19.5. The third kappa shape index (κ3) is 4.24. The maximum atomic E-state index is 13.4. The Morgan fingerprint density at radius 2 is 1.85 bits per heavy atom. The molecule has 0 radical (unpaired) electrons. The Balaban J connectivity index is 1.80. The van der Waals surface area contributed by atoms with Crippen molar-refractivity contribution in [3.63, 3.8) is 0 Å². The number of hydrogen-bond donors (Lipinski definition) is 3. The number of anilines is 1. The van der Waals surface area contributed by atoms with Crippen LogP contribution in [0, 0.1) is 13.8 Å². The third-order valence-corrected chi connectivity index (χ3v) is 5.90. The molecule has 0 saturated heterocycles. The predicted molar refractivity (Wildman–Crippen MR) is 130 cm³/mol. The molecule has 170 valence electrons. The van der Waals surface area contributed by atoms with Gasteiger partial charge in [-0.3, -0.25) is 9.59 Å². The van der Waals surface area contributed by atoms with Crippen molar-refractivity contribution >= 4 is 22.8 Å². The molecule has 0 unspecified atom stereocenters. The molecule has 1 amide bonds. The van der Waals surface area contributed by atoms with Gasteiger partial charge in [0.05, 0.1) is 11.1 Å². The normalized spacial score (nSPS) is 11.3. The SMILES string of the molecule is Cc1cc(C)c(CNC(=O)c2cc(-c3cnc(N)nc3)cc3c(C(C)C)cn(C)c23)c(=O)[nH]1. The first-order valence-electron chi connectivity index (χ1n) is 10.8. The lowest BCUT2D eigenvalue weighted by Crippen LogP contribution is -2.28. The minimum Gasteiger partial charge on any atom is -0.368 e. The van der Waals surface area contributed by atoms with Crippen molar-refractivity contribution in [2.24, 2.45) is 7.05 Å². The van der Waals surface area contributed by atoms with E-state index in [2.05, 4.69) is 46.4 Å². The molecule has 4 rings (SSSR count). The molecule has 0 saturated carbocycles. The summed E-state index contributed by atoms with van der Waals surface area (Å²) in [6, 6.07) is 5.79. The Hall–Kier alpha value is -3.94. The molecule has 0 atom stereocenters. The number of nitrogens with two attached hydrogens (primary N) is 1. The fraction of sp³-hybridized carbons (Fsp3) is 0.280. The van der Waals surface area contributed by atoms with Crippen molar-refractivity contribution in [2.75, 3.05) is 5.73 Å². The van der Waals surface area contributed by atoms with E-state index in [1.54, 1.807) is 12.4 Å². The van der Waals surface area contributed by atoms with Crippen LogP contribution in [0.1, 0.15) is 52.5 Å². The number of carbonyl (C=O) groups excluding carboxylic acids is 1. The highest BCUT2D eigenvalue weighted by molar-refractivity contribution is 6.08. The highest BCUT2D eigenvalue weighted by Gasteiger charge is 2.20. The molecular weight excluding hydrogens is 416 g/mol. The smallest absolute Gasteiger partial charge is 0.253 e. The van der Waals surface area contributed by atoms with Crippen molar-refractivity contribution < 1.29 is 4.79 Å². The molecule has 3 heterocycles. The minimum atomic E-state index is -0.255. The van der Waals surface area contributed by atoms with Crippen LogP contribution in [-0.4, -0.2) is 25.4 Å². The summed E-state index contributed by atoms with van der Waals surface area (Å²) in [7, 11) is 1.94. The molecule has 0 aliphatic heterocycles. The second kappa shape index (κ2) is 8.54. The van der Waals surface area contributed by atoms with Crippen molar-refractivity contribution in [3.05, 3.63) is 75.1 Å². The predicted octanol–water partition coefficient (Wildman–Crippen LogP) is 3.58. The quantitative estimate of drug-likeness (QED) is 0.435. The van der Waals surface area contributed by atoms with Crippen LogP contribution < -0.4 is 16.6 Å². The van der Waals surface area contributed by atoms with E-state index in [0.717, 1.165) is 38.9 Å². The Kier molecular flexibility index (Phi) is 5.76. The lowest BCUT2D eigenvalue weighted by Gasteiger charge is -2.12. The molecule has 0 fully saturated rings. The van der Waals surface area contributed by atoms with Gasteiger partial charge < -0.3 is 20.6 Å². The Morgan fingerprint density at radius 1 is 1.15 bits per heavy atom. The van der Waals surface area contributed by atoms with Crippen molar-refractivity contribution in [3.8, 4) is 11.1 Å². The number of nitrogens with zero attached hydrogens (tertiary/aromatic N) is 3. The standard InChI is InChI=1S/C25H28N6O2/c1-13(2)21-12-31(5)22-18(21)7-16(17-9-28-25(26)29-10-17)8-19(22)23(32)27-11-20-14(3)6-15(4)30-24(20)33/h6-10,12-13H,11H2,1-5H3,(H,27,32)(H,30,33)(H2,26,28,29). The second-order valence-electron chi connectivity index (χ2n) is 8.73. The number of pyridine rings is 1. The van der Waals surface area contributed by atoms with Gasteiger partial charge in [-0.25, -0.2) is 9.97 Å². The highest BCUT2D eigenvalue weighted by Crippen LogP contribution is 2.33. The molecule has 1 aromatic carbocycles. The molecule has 3 aromatic heterocycles. The molecule has 0 bridgehead atoms. The molecule has 4 N–H and O–H groups in total. The Labute approximate surface area is 191 Å². The number of nitrogens with one attached hydrogen (secondary N) is 2. The average molecular weight is 445 g/mol. The van der Waals surface area contributed by atoms with Crippen molar-refractivity contribution in [2.45, 2.75) is 40.2 Å². The summed E-state index contributed by atoms with van der Waals surface area (Å²) in [5, 5.41) is 3.94. The van der Waals surface area contributed by atoms with E-state index in [9.17, 15) is 9.59 Å². The van der Waals surface area contributed by atoms with Crippen LogP contribution >= 0.6 is 0 Å². The maximum Gasteiger partial charge on any atom is 0.253 e. The summed E-state index contributed by atoms with van der Waals surface area (Å²) in [6.45, 7) is 8.09. The number of carbonyl (C=O) groups is 1. The fourth-order valence-corrected chi connectivity index (χ4v) is 4.23. The molecule has 8 heteroatoms. The molecule has 0 spiro atoms. The van der Waals surface area contributed by atoms with Gasteiger partial charge in [0.2, 0.25) is 5.95 Å². The second-order valence-corrected chi connectivity index (χ2v) is 8.73. The molecule has 0 aliphatic rings. The van der Waals surface area contributed by atoms with Gasteiger partial charge in [-0.15, -0.1) is 0 Å². The van der Waals surface area contributed by atoms with Gasteiger partial charge in [-0.05, 0) is 54.7 Å². The summed E-state index contributed by atoms with van der Waals surface area (Å²) < 4.78 is 1.98. The average Bonchev–Trinajstić information content (AvgIpc) is 3.09. The van der Waals surface area contributed by atoms with Crippen LogP contribution in [0.25, 0.3) is 22.0 Å². The monoisotopic (exact) mass is 444 g/mol. The summed E-state index contributed by atoms with van der Waals surface area (Å²) in [5.74, 6) is 0.212. The number of amides is 1. The zero-order chi connectivity index (χ0) is 23.9. The van der Waals surface area contributed by atoms with E-state index in [1.165, 1.54) is 0 Å². The van der Waals surface area contributed by atoms with Crippen LogP contribution in [0.5, 0.6) is 0 Å². The van der Waals surface area contributed by atoms with E-state index in [1.807, 2.05) is 37.6 Å². The van der Waals surface area contributed by atoms with Gasteiger partial charge in [-0.2, -0.15) is 0 Å². The minimum absolute atomic E-state index is 0.137. The van der Waals surface area contributed by atoms with Gasteiger partial charge in [0.15, 0.2) is 0 Å². The first-order valence-corrected chi connectivity index (χ1v) is 10.8. The van der Waals surface area contributed by atoms with Gasteiger partial charge >= 0.3 is 0 Å². The van der Waals surface area contributed by atoms with Gasteiger partial charge in [0.1, 0.15) is 0 Å². The Morgan fingerprint density at radius 3 is 2.48 bits per heavy atom. The summed E-state index contributed by atoms with van der Waals surface area (Å²) >= 11 is 0. The number of aryl methyl sites for hydroxylation is 3. The summed E-state index contributed by atoms with van der Waals surface area (Å²) in [5.41, 5.74) is 11.7. The van der Waals surface area contributed by atoms with Gasteiger partial charge in [0.25, 0.3) is 11.5 Å². The lowest BCUT2D eigenvalue weighted by atomic mass is 9.96. The molecule has 4 aromatic rings. The number of benzene rings is 1. The highest BCUT2D eigenvalue weighted by atomic mass is 16.1. The van der Waals surface area contributed by atoms with Crippen LogP contribution in [0.2, 0.25) is 0 Å². The molecule has 0 aliphatic carbocycles. The molecule has 8 nitrogen and oxygen atoms in total. The number of fused-ring (bicyclic) bond motifs is 1. The molecular formula is C25H28N6O2. The van der Waals surface area contributed by atoms with Crippen molar-refractivity contribution in [1.29, 1.82) is 0 Å². The topological polar surface area (TPSA) is 119 Å². The first-order chi connectivity index (χ1) is 15.7. The number of rotatable bonds is 5. The van der Waals surface area contributed by atoms with Crippen LogP contribution in [0.3, 0.4) is 0 Å². The fourth-order valence-electron chi connectivity index (χ4n) is 4.23. The van der Waals surface area contributed by atoms with Crippen LogP contribution in [0.4, 0.5) is 5.95 Å². The van der Waals surface area contributed by atoms with Crippen molar-refractivity contribution in [1.82, 2.24) is 24.8 Å². The van der Waals surface area contributed by atoms with Gasteiger partial charge in [0, 0.05) is 54.4 Å². The largest absolute Gasteiger partial charge is 0.368 e. The van der Waals surface area contributed by atoms with E-state index in [0.29, 0.717) is 11.1 Å². The number of aromatic nitrogens is 4. The maximum absolute atomic E-state index is 13.4. The number of aromatic amines is 1. The van der Waals surface area contributed by atoms with E-state index >= 15 is 0 Å². The zero-order valence-corrected chi connectivity index (χ0v) is 19.5. The molecule has 33 heavy (non-hydrogen) atoms. The third-order valence-electron chi connectivity index (χ3n) is 5.90. The van der Waals surface area contributed by atoms with E-state index in [-0.39, 0.29) is 29.9 Å². The number of hydrogen-bond acceptors (Lipinski definition) is 5. The van der Waals surface area contributed by atoms with E-state index < -0.39 is 0 Å². The summed E-state index contributed by atoms with van der Waals surface area (Å²) in [4.78, 5) is 36.8. The Bertz CT molecular complexity index is 1410. The van der Waals surface area contributed by atoms with E-state index in [4.69, 9.17) is 5.73 Å². The number of H-pyrrole nitrogens is 1. The summed E-state index contributed by atoms with van der Waals surface area (Å²) in [6.07, 6.45) is 5.36. The van der Waals surface area contributed by atoms with Crippen LogP contribution in [-0.2, 0) is 13.6 Å². The lowest BCUT2D eigenvalue weighted by molar-refractivity contribution is 0.0952. The van der Waals surface area contributed by atoms with Crippen LogP contribution in [0.15, 0.2) is 41.6 Å². The number of nitrogen functional groups attached to an aromatic ring is 1. The van der Waals surface area contributed by atoms with Gasteiger partial charge in [-0.1, -0.05) is 13.8 Å².